The lowest BCUT2D eigenvalue weighted by molar-refractivity contribution is 0.561. The van der Waals surface area contributed by atoms with Gasteiger partial charge in [0.1, 0.15) is 5.52 Å². The monoisotopic (exact) mass is 366 g/mol. The lowest BCUT2D eigenvalue weighted by Crippen LogP contribution is -2.13. The summed E-state index contributed by atoms with van der Waals surface area (Å²) in [5.41, 5.74) is 1.43. The minimum absolute atomic E-state index is 0.175. The van der Waals surface area contributed by atoms with Crippen LogP contribution in [-0.4, -0.2) is 13.4 Å². The molecule has 1 heterocycles. The molecule has 0 atom stereocenters. The number of halogens is 1. The Bertz CT molecular complexity index is 919. The number of anilines is 1. The Morgan fingerprint density at radius 2 is 1.95 bits per heavy atom. The predicted octanol–water partition coefficient (Wildman–Crippen LogP) is 3.70. The fourth-order valence-electron chi connectivity index (χ4n) is 1.98. The van der Waals surface area contributed by atoms with Gasteiger partial charge in [0.2, 0.25) is 0 Å². The molecule has 108 valence electrons. The third-order valence-electron chi connectivity index (χ3n) is 2.88. The van der Waals surface area contributed by atoms with Gasteiger partial charge in [-0.3, -0.25) is 4.72 Å². The van der Waals surface area contributed by atoms with Gasteiger partial charge in [-0.25, -0.2) is 13.4 Å². The highest BCUT2D eigenvalue weighted by molar-refractivity contribution is 9.10. The first-order valence-electron chi connectivity index (χ1n) is 6.10. The van der Waals surface area contributed by atoms with E-state index in [4.69, 9.17) is 4.42 Å². The van der Waals surface area contributed by atoms with Crippen LogP contribution in [0.15, 0.2) is 56.2 Å². The molecule has 0 aliphatic rings. The van der Waals surface area contributed by atoms with Gasteiger partial charge in [0, 0.05) is 11.4 Å². The first-order valence-corrected chi connectivity index (χ1v) is 8.38. The van der Waals surface area contributed by atoms with Crippen molar-refractivity contribution in [2.45, 2.75) is 11.8 Å². The molecule has 21 heavy (non-hydrogen) atoms. The summed E-state index contributed by atoms with van der Waals surface area (Å²) in [7, 11) is -3.68. The molecule has 0 saturated heterocycles. The van der Waals surface area contributed by atoms with Gasteiger partial charge in [-0.2, -0.15) is 0 Å². The first kappa shape index (κ1) is 14.1. The molecule has 0 spiro atoms. The molecule has 0 aliphatic heterocycles. The minimum atomic E-state index is -3.68. The summed E-state index contributed by atoms with van der Waals surface area (Å²) in [5.74, 6) is 0.485. The van der Waals surface area contributed by atoms with Gasteiger partial charge in [0.25, 0.3) is 10.0 Å². The normalized spacial score (nSPS) is 11.7. The van der Waals surface area contributed by atoms with E-state index in [1.807, 2.05) is 0 Å². The number of fused-ring (bicyclic) bond motifs is 1. The van der Waals surface area contributed by atoms with Crippen LogP contribution >= 0.6 is 15.9 Å². The highest BCUT2D eigenvalue weighted by Crippen LogP contribution is 2.26. The Balaban J connectivity index is 2.05. The second-order valence-corrected chi connectivity index (χ2v) is 7.05. The number of oxazole rings is 1. The molecule has 0 saturated carbocycles. The molecule has 0 fully saturated rings. The summed E-state index contributed by atoms with van der Waals surface area (Å²) in [5, 5.41) is 0. The van der Waals surface area contributed by atoms with E-state index in [0.29, 0.717) is 27.2 Å². The number of hydrogen-bond donors (Lipinski definition) is 1. The molecule has 7 heteroatoms. The van der Waals surface area contributed by atoms with E-state index >= 15 is 0 Å². The second-order valence-electron chi connectivity index (χ2n) is 4.45. The van der Waals surface area contributed by atoms with Crippen molar-refractivity contribution in [3.63, 3.8) is 0 Å². The van der Waals surface area contributed by atoms with Crippen LogP contribution in [0, 0.1) is 6.92 Å². The van der Waals surface area contributed by atoms with Crippen LogP contribution in [0.2, 0.25) is 0 Å². The molecule has 5 nitrogen and oxygen atoms in total. The van der Waals surface area contributed by atoms with Gasteiger partial charge in [-0.15, -0.1) is 0 Å². The zero-order chi connectivity index (χ0) is 15.0. The molecule has 0 unspecified atom stereocenters. The molecule has 3 aromatic rings. The van der Waals surface area contributed by atoms with E-state index in [0.717, 1.165) is 0 Å². The lowest BCUT2D eigenvalue weighted by Gasteiger charge is -2.08. The van der Waals surface area contributed by atoms with Crippen molar-refractivity contribution < 1.29 is 12.8 Å². The Morgan fingerprint density at radius 1 is 1.19 bits per heavy atom. The molecule has 0 bridgehead atoms. The van der Waals surface area contributed by atoms with Crippen LogP contribution in [0.4, 0.5) is 5.69 Å². The molecule has 2 aromatic carbocycles. The fourth-order valence-corrected chi connectivity index (χ4v) is 3.64. The van der Waals surface area contributed by atoms with Gasteiger partial charge in [0.15, 0.2) is 11.5 Å². The molecule has 1 N–H and O–H groups in total. The van der Waals surface area contributed by atoms with Crippen molar-refractivity contribution in [3.05, 3.63) is 52.8 Å². The SMILES string of the molecule is Cc1nc2c(NS(=O)(=O)c3cccc(Br)c3)cccc2o1. The third kappa shape index (κ3) is 2.79. The van der Waals surface area contributed by atoms with Crippen molar-refractivity contribution in [2.75, 3.05) is 4.72 Å². The van der Waals surface area contributed by atoms with Crippen LogP contribution in [0.3, 0.4) is 0 Å². The van der Waals surface area contributed by atoms with E-state index in [9.17, 15) is 8.42 Å². The van der Waals surface area contributed by atoms with Gasteiger partial charge >= 0.3 is 0 Å². The number of aromatic nitrogens is 1. The number of benzene rings is 2. The summed E-state index contributed by atoms with van der Waals surface area (Å²) >= 11 is 3.26. The zero-order valence-corrected chi connectivity index (χ0v) is 13.4. The summed E-state index contributed by atoms with van der Waals surface area (Å²) in [4.78, 5) is 4.38. The second kappa shape index (κ2) is 5.16. The average Bonchev–Trinajstić information content (AvgIpc) is 2.80. The van der Waals surface area contributed by atoms with Crippen LogP contribution in [0.25, 0.3) is 11.1 Å². The van der Waals surface area contributed by atoms with Crippen LogP contribution < -0.4 is 4.72 Å². The number of rotatable bonds is 3. The van der Waals surface area contributed by atoms with Gasteiger partial charge in [0.05, 0.1) is 10.6 Å². The molecule has 0 amide bonds. The van der Waals surface area contributed by atoms with Crippen molar-refractivity contribution in [3.8, 4) is 0 Å². The molecule has 0 radical (unpaired) electrons. The molecule has 1 aromatic heterocycles. The Labute approximate surface area is 130 Å². The minimum Gasteiger partial charge on any atom is -0.441 e. The maximum atomic E-state index is 12.4. The highest BCUT2D eigenvalue weighted by Gasteiger charge is 2.17. The number of para-hydroxylation sites is 1. The number of nitrogens with one attached hydrogen (secondary N) is 1. The summed E-state index contributed by atoms with van der Waals surface area (Å²) in [6.45, 7) is 1.71. The number of aryl methyl sites for hydroxylation is 1. The number of nitrogens with zero attached hydrogens (tertiary/aromatic N) is 1. The Hall–Kier alpha value is -1.86. The van der Waals surface area contributed by atoms with Gasteiger partial charge < -0.3 is 4.42 Å². The van der Waals surface area contributed by atoms with Crippen molar-refractivity contribution >= 4 is 42.7 Å². The van der Waals surface area contributed by atoms with E-state index in [-0.39, 0.29) is 4.90 Å². The molecule has 0 aliphatic carbocycles. The largest absolute Gasteiger partial charge is 0.441 e. The van der Waals surface area contributed by atoms with E-state index in [1.54, 1.807) is 37.3 Å². The van der Waals surface area contributed by atoms with Gasteiger partial charge in [-0.1, -0.05) is 28.1 Å². The van der Waals surface area contributed by atoms with Crippen LogP contribution in [0.1, 0.15) is 5.89 Å². The number of sulfonamides is 1. The molecule has 3 rings (SSSR count). The van der Waals surface area contributed by atoms with E-state index in [2.05, 4.69) is 25.6 Å². The number of hydrogen-bond acceptors (Lipinski definition) is 4. The van der Waals surface area contributed by atoms with Crippen molar-refractivity contribution in [2.24, 2.45) is 0 Å². The van der Waals surface area contributed by atoms with Crippen LogP contribution in [0.5, 0.6) is 0 Å². The summed E-state index contributed by atoms with van der Waals surface area (Å²) < 4.78 is 33.5. The third-order valence-corrected chi connectivity index (χ3v) is 4.73. The highest BCUT2D eigenvalue weighted by atomic mass is 79.9. The Morgan fingerprint density at radius 3 is 2.71 bits per heavy atom. The first-order chi connectivity index (χ1) is 9.95. The maximum Gasteiger partial charge on any atom is 0.262 e. The molecular weight excluding hydrogens is 356 g/mol. The van der Waals surface area contributed by atoms with E-state index in [1.165, 1.54) is 12.1 Å². The van der Waals surface area contributed by atoms with Crippen molar-refractivity contribution in [1.29, 1.82) is 0 Å². The summed E-state index contributed by atoms with van der Waals surface area (Å²) in [6, 6.07) is 11.6. The molecular formula is C14H11BrN2O3S. The predicted molar refractivity (Wildman–Crippen MR) is 83.7 cm³/mol. The topological polar surface area (TPSA) is 72.2 Å². The van der Waals surface area contributed by atoms with Crippen LogP contribution in [-0.2, 0) is 10.0 Å². The Kier molecular flexibility index (Phi) is 3.46. The zero-order valence-electron chi connectivity index (χ0n) is 11.0. The maximum absolute atomic E-state index is 12.4. The summed E-state index contributed by atoms with van der Waals surface area (Å²) in [6.07, 6.45) is 0. The fraction of sp³-hybridized carbons (Fsp3) is 0.0714. The van der Waals surface area contributed by atoms with Crippen molar-refractivity contribution in [1.82, 2.24) is 4.98 Å². The average molecular weight is 367 g/mol. The van der Waals surface area contributed by atoms with Gasteiger partial charge in [-0.05, 0) is 30.3 Å². The lowest BCUT2D eigenvalue weighted by atomic mass is 10.3. The standard InChI is InChI=1S/C14H11BrN2O3S/c1-9-16-14-12(6-3-7-13(14)20-9)17-21(18,19)11-5-2-4-10(15)8-11/h2-8,17H,1H3. The quantitative estimate of drug-likeness (QED) is 0.766. The smallest absolute Gasteiger partial charge is 0.262 e. The van der Waals surface area contributed by atoms with E-state index < -0.39 is 10.0 Å².